The number of hydrogen-bond acceptors (Lipinski definition) is 3. The Kier molecular flexibility index (Phi) is 3.51. The second-order valence-electron chi connectivity index (χ2n) is 5.47. The molecule has 4 nitrogen and oxygen atoms in total. The van der Waals surface area contributed by atoms with Crippen molar-refractivity contribution in [1.82, 2.24) is 9.78 Å². The Hall–Kier alpha value is -1.19. The Labute approximate surface area is 98.2 Å². The van der Waals surface area contributed by atoms with Crippen molar-refractivity contribution < 1.29 is 0 Å². The van der Waals surface area contributed by atoms with Crippen LogP contribution in [0.3, 0.4) is 0 Å². The molecule has 0 aliphatic rings. The van der Waals surface area contributed by atoms with Gasteiger partial charge in [-0.1, -0.05) is 27.7 Å². The summed E-state index contributed by atoms with van der Waals surface area (Å²) in [6.45, 7) is 11.8. The molecule has 0 aliphatic heterocycles. The highest BCUT2D eigenvalue weighted by Crippen LogP contribution is 2.28. The van der Waals surface area contributed by atoms with Gasteiger partial charge in [0.25, 0.3) is 0 Å². The minimum Gasteiger partial charge on any atom is -0.394 e. The van der Waals surface area contributed by atoms with Crippen LogP contribution in [0.25, 0.3) is 0 Å². The van der Waals surface area contributed by atoms with E-state index >= 15 is 0 Å². The first-order valence-corrected chi connectivity index (χ1v) is 5.78. The summed E-state index contributed by atoms with van der Waals surface area (Å²) in [5.41, 5.74) is 7.84. The molecule has 4 heteroatoms. The number of aromatic nitrogens is 2. The van der Waals surface area contributed by atoms with Gasteiger partial charge >= 0.3 is 0 Å². The van der Waals surface area contributed by atoms with Crippen molar-refractivity contribution in [2.45, 2.75) is 34.6 Å². The van der Waals surface area contributed by atoms with E-state index in [1.165, 1.54) is 0 Å². The number of nitrogens with one attached hydrogen (secondary N) is 1. The lowest BCUT2D eigenvalue weighted by atomic mass is 9.81. The van der Waals surface area contributed by atoms with Crippen molar-refractivity contribution in [2.75, 3.05) is 17.6 Å². The van der Waals surface area contributed by atoms with Crippen molar-refractivity contribution in [3.63, 3.8) is 0 Å². The quantitative estimate of drug-likeness (QED) is 0.825. The zero-order valence-electron chi connectivity index (χ0n) is 11.3. The zero-order chi connectivity index (χ0) is 12.5. The van der Waals surface area contributed by atoms with Gasteiger partial charge in [-0.15, -0.1) is 0 Å². The molecule has 0 aliphatic carbocycles. The van der Waals surface area contributed by atoms with Crippen LogP contribution in [-0.4, -0.2) is 16.3 Å². The smallest absolute Gasteiger partial charge is 0.147 e. The molecule has 0 radical (unpaired) electrons. The van der Waals surface area contributed by atoms with Gasteiger partial charge in [-0.25, -0.2) is 0 Å². The number of nitrogens with zero attached hydrogens (tertiary/aromatic N) is 2. The monoisotopic (exact) mass is 224 g/mol. The fourth-order valence-corrected chi connectivity index (χ4v) is 1.40. The van der Waals surface area contributed by atoms with Crippen LogP contribution in [-0.2, 0) is 7.05 Å². The molecule has 1 heterocycles. The van der Waals surface area contributed by atoms with Crippen molar-refractivity contribution in [2.24, 2.45) is 18.4 Å². The molecule has 0 amide bonds. The van der Waals surface area contributed by atoms with Crippen LogP contribution in [0.1, 0.15) is 33.4 Å². The van der Waals surface area contributed by atoms with Gasteiger partial charge in [0.2, 0.25) is 0 Å². The van der Waals surface area contributed by atoms with Crippen LogP contribution in [0.15, 0.2) is 0 Å². The normalized spacial score (nSPS) is 12.2. The first kappa shape index (κ1) is 12.9. The fourth-order valence-electron chi connectivity index (χ4n) is 1.40. The highest BCUT2D eigenvalue weighted by Gasteiger charge is 2.23. The SMILES string of the molecule is Cc1nn(C)c(NCC(C)(C)C(C)C)c1N. The molecule has 3 N–H and O–H groups in total. The molecule has 92 valence electrons. The van der Waals surface area contributed by atoms with E-state index in [9.17, 15) is 0 Å². The lowest BCUT2D eigenvalue weighted by molar-refractivity contribution is 0.269. The van der Waals surface area contributed by atoms with E-state index in [1.54, 1.807) is 4.68 Å². The first-order valence-electron chi connectivity index (χ1n) is 5.78. The maximum atomic E-state index is 5.96. The summed E-state index contributed by atoms with van der Waals surface area (Å²) in [4.78, 5) is 0. The molecule has 0 unspecified atom stereocenters. The van der Waals surface area contributed by atoms with Gasteiger partial charge in [0.1, 0.15) is 5.82 Å². The Bertz CT molecular complexity index is 363. The Balaban J connectivity index is 2.75. The van der Waals surface area contributed by atoms with Crippen molar-refractivity contribution >= 4 is 11.5 Å². The van der Waals surface area contributed by atoms with Crippen molar-refractivity contribution in [3.05, 3.63) is 5.69 Å². The predicted octanol–water partition coefficient (Wildman–Crippen LogP) is 2.40. The standard InChI is InChI=1S/C12H24N4/c1-8(2)12(4,5)7-14-11-10(13)9(3)15-16(11)6/h8,14H,7,13H2,1-6H3. The number of rotatable bonds is 4. The summed E-state index contributed by atoms with van der Waals surface area (Å²) in [5, 5.41) is 7.68. The molecule has 0 saturated heterocycles. The maximum Gasteiger partial charge on any atom is 0.147 e. The minimum absolute atomic E-state index is 0.241. The van der Waals surface area contributed by atoms with E-state index in [2.05, 4.69) is 38.1 Å². The summed E-state index contributed by atoms with van der Waals surface area (Å²) in [6.07, 6.45) is 0. The highest BCUT2D eigenvalue weighted by atomic mass is 15.3. The molecule has 1 rings (SSSR count). The maximum absolute atomic E-state index is 5.96. The van der Waals surface area contributed by atoms with Gasteiger partial charge in [-0.2, -0.15) is 5.10 Å². The van der Waals surface area contributed by atoms with Crippen molar-refractivity contribution in [1.29, 1.82) is 0 Å². The average Bonchev–Trinajstić information content (AvgIpc) is 2.39. The molecule has 1 aromatic heterocycles. The first-order chi connectivity index (χ1) is 7.25. The van der Waals surface area contributed by atoms with E-state index in [0.29, 0.717) is 5.92 Å². The molecule has 0 bridgehead atoms. The molecule has 0 saturated carbocycles. The largest absolute Gasteiger partial charge is 0.394 e. The van der Waals surface area contributed by atoms with E-state index in [1.807, 2.05) is 14.0 Å². The van der Waals surface area contributed by atoms with Gasteiger partial charge < -0.3 is 11.1 Å². The van der Waals surface area contributed by atoms with Crippen molar-refractivity contribution in [3.8, 4) is 0 Å². The predicted molar refractivity (Wildman–Crippen MR) is 69.5 cm³/mol. The summed E-state index contributed by atoms with van der Waals surface area (Å²) in [7, 11) is 1.91. The highest BCUT2D eigenvalue weighted by molar-refractivity contribution is 5.64. The van der Waals surface area contributed by atoms with Gasteiger partial charge in [0.15, 0.2) is 0 Å². The molecular weight excluding hydrogens is 200 g/mol. The summed E-state index contributed by atoms with van der Waals surface area (Å²) in [5.74, 6) is 1.54. The number of aryl methyl sites for hydroxylation is 2. The molecule has 0 fully saturated rings. The summed E-state index contributed by atoms with van der Waals surface area (Å²) < 4.78 is 1.81. The number of nitrogen functional groups attached to an aromatic ring is 1. The Morgan fingerprint density at radius 1 is 1.44 bits per heavy atom. The van der Waals surface area contributed by atoms with Gasteiger partial charge in [0, 0.05) is 13.6 Å². The fraction of sp³-hybridized carbons (Fsp3) is 0.750. The molecule has 16 heavy (non-hydrogen) atoms. The van der Waals surface area contributed by atoms with Crippen LogP contribution in [0.2, 0.25) is 0 Å². The van der Waals surface area contributed by atoms with E-state index in [4.69, 9.17) is 5.73 Å². The third-order valence-electron chi connectivity index (χ3n) is 3.54. The second-order valence-corrected chi connectivity index (χ2v) is 5.47. The van der Waals surface area contributed by atoms with Crippen LogP contribution >= 0.6 is 0 Å². The van der Waals surface area contributed by atoms with Crippen LogP contribution < -0.4 is 11.1 Å². The van der Waals surface area contributed by atoms with E-state index in [0.717, 1.165) is 23.7 Å². The molecule has 0 aromatic carbocycles. The number of nitrogens with two attached hydrogens (primary N) is 1. The van der Waals surface area contributed by atoms with Crippen LogP contribution in [0, 0.1) is 18.3 Å². The van der Waals surface area contributed by atoms with Crippen LogP contribution in [0.5, 0.6) is 0 Å². The van der Waals surface area contributed by atoms with Crippen LogP contribution in [0.4, 0.5) is 11.5 Å². The molecule has 0 atom stereocenters. The molecule has 1 aromatic rings. The summed E-state index contributed by atoms with van der Waals surface area (Å²) >= 11 is 0. The lowest BCUT2D eigenvalue weighted by Crippen LogP contribution is -2.29. The molecule has 0 spiro atoms. The number of hydrogen-bond donors (Lipinski definition) is 2. The minimum atomic E-state index is 0.241. The lowest BCUT2D eigenvalue weighted by Gasteiger charge is -2.29. The van der Waals surface area contributed by atoms with E-state index in [-0.39, 0.29) is 5.41 Å². The second kappa shape index (κ2) is 4.36. The Morgan fingerprint density at radius 2 is 2.00 bits per heavy atom. The number of anilines is 2. The summed E-state index contributed by atoms with van der Waals surface area (Å²) in [6, 6.07) is 0. The van der Waals surface area contributed by atoms with Gasteiger partial charge in [-0.3, -0.25) is 4.68 Å². The third-order valence-corrected chi connectivity index (χ3v) is 3.54. The van der Waals surface area contributed by atoms with E-state index < -0.39 is 0 Å². The third kappa shape index (κ3) is 2.49. The van der Waals surface area contributed by atoms with Gasteiger partial charge in [-0.05, 0) is 18.3 Å². The topological polar surface area (TPSA) is 55.9 Å². The molecular formula is C12H24N4. The Morgan fingerprint density at radius 3 is 2.38 bits per heavy atom. The zero-order valence-corrected chi connectivity index (χ0v) is 11.3. The van der Waals surface area contributed by atoms with Gasteiger partial charge in [0.05, 0.1) is 11.4 Å². The average molecular weight is 224 g/mol.